The fraction of sp³-hybridized carbons (Fsp3) is 0.114. The molecule has 0 radical (unpaired) electrons. The fourth-order valence-electron chi connectivity index (χ4n) is 4.72. The van der Waals surface area contributed by atoms with E-state index in [1.54, 1.807) is 47.4 Å². The Kier molecular flexibility index (Phi) is 8.82. The molecule has 1 amide bonds. The monoisotopic (exact) mass is 613 g/mol. The lowest BCUT2D eigenvalue weighted by atomic mass is 10.1. The Balaban J connectivity index is 1.03. The fourth-order valence-corrected chi connectivity index (χ4v) is 4.72. The first-order valence-corrected chi connectivity index (χ1v) is 14.6. The van der Waals surface area contributed by atoms with Crippen LogP contribution in [0.2, 0.25) is 0 Å². The Labute approximate surface area is 264 Å². The first-order chi connectivity index (χ1) is 22.4. The molecule has 0 spiro atoms. The maximum Gasteiger partial charge on any atom is 0.266 e. The van der Waals surface area contributed by atoms with E-state index in [4.69, 9.17) is 15.2 Å². The molecule has 0 fully saturated rings. The summed E-state index contributed by atoms with van der Waals surface area (Å²) in [5.41, 5.74) is 10.8. The molecule has 0 saturated carbocycles. The minimum Gasteiger partial charge on any atom is -0.491 e. The van der Waals surface area contributed by atoms with Gasteiger partial charge in [0.1, 0.15) is 24.7 Å². The topological polar surface area (TPSA) is 139 Å². The number of aryl methyl sites for hydroxylation is 1. The zero-order chi connectivity index (χ0) is 31.9. The van der Waals surface area contributed by atoms with Gasteiger partial charge in [0.15, 0.2) is 0 Å². The van der Waals surface area contributed by atoms with Crippen LogP contribution in [0.15, 0.2) is 114 Å². The summed E-state index contributed by atoms with van der Waals surface area (Å²) in [5.74, 6) is 1.06. The Morgan fingerprint density at radius 3 is 2.65 bits per heavy atom. The maximum atomic E-state index is 12.4. The van der Waals surface area contributed by atoms with Gasteiger partial charge in [-0.2, -0.15) is 10.2 Å². The molecule has 6 rings (SSSR count). The van der Waals surface area contributed by atoms with Crippen LogP contribution in [0.25, 0.3) is 28.2 Å². The van der Waals surface area contributed by atoms with Gasteiger partial charge in [0.05, 0.1) is 35.3 Å². The number of hydrogen-bond acceptors (Lipinski definition) is 8. The maximum absolute atomic E-state index is 12.4. The molecule has 0 saturated heterocycles. The minimum atomic E-state index is -0.261. The molecular formula is C35H31N7O4. The van der Waals surface area contributed by atoms with Crippen LogP contribution in [0.1, 0.15) is 11.1 Å². The molecule has 46 heavy (non-hydrogen) atoms. The second kappa shape index (κ2) is 13.6. The lowest BCUT2D eigenvalue weighted by Gasteiger charge is -2.12. The van der Waals surface area contributed by atoms with Crippen molar-refractivity contribution in [1.29, 1.82) is 0 Å². The van der Waals surface area contributed by atoms with E-state index in [2.05, 4.69) is 20.5 Å². The molecule has 0 unspecified atom stereocenters. The first kappa shape index (κ1) is 29.8. The summed E-state index contributed by atoms with van der Waals surface area (Å²) in [6, 6.07) is 25.5. The number of rotatable bonds is 11. The van der Waals surface area contributed by atoms with Crippen LogP contribution in [-0.4, -0.2) is 37.1 Å². The molecule has 230 valence electrons. The molecule has 6 aromatic rings. The van der Waals surface area contributed by atoms with Crippen molar-refractivity contribution < 1.29 is 14.3 Å². The summed E-state index contributed by atoms with van der Waals surface area (Å²) in [4.78, 5) is 29.1. The number of nitrogens with one attached hydrogen (secondary N) is 1. The molecule has 3 N–H and O–H groups in total. The van der Waals surface area contributed by atoms with Crippen LogP contribution in [0.4, 0.5) is 11.4 Å². The lowest BCUT2D eigenvalue weighted by molar-refractivity contribution is -0.111. The van der Waals surface area contributed by atoms with E-state index in [1.807, 2.05) is 67.8 Å². The van der Waals surface area contributed by atoms with Gasteiger partial charge in [-0.1, -0.05) is 36.4 Å². The number of benzene rings is 3. The number of hydrogen-bond donors (Lipinski definition) is 2. The molecular weight excluding hydrogens is 582 g/mol. The number of fused-ring (bicyclic) bond motifs is 1. The van der Waals surface area contributed by atoms with Crippen LogP contribution in [0.5, 0.6) is 11.5 Å². The average molecular weight is 614 g/mol. The van der Waals surface area contributed by atoms with Crippen molar-refractivity contribution in [2.45, 2.75) is 13.2 Å². The number of anilines is 2. The predicted molar refractivity (Wildman–Crippen MR) is 177 cm³/mol. The van der Waals surface area contributed by atoms with Crippen molar-refractivity contribution in [3.8, 4) is 22.8 Å². The van der Waals surface area contributed by atoms with Crippen LogP contribution in [0, 0.1) is 0 Å². The van der Waals surface area contributed by atoms with Gasteiger partial charge in [-0.15, -0.1) is 0 Å². The summed E-state index contributed by atoms with van der Waals surface area (Å²) in [5, 5.41) is 12.2. The number of nitrogens with zero attached hydrogens (tertiary/aromatic N) is 5. The highest BCUT2D eigenvalue weighted by atomic mass is 16.5. The third-order valence-electron chi connectivity index (χ3n) is 7.13. The van der Waals surface area contributed by atoms with E-state index in [-0.39, 0.29) is 24.6 Å². The van der Waals surface area contributed by atoms with Crippen molar-refractivity contribution in [3.05, 3.63) is 131 Å². The van der Waals surface area contributed by atoms with Crippen LogP contribution < -0.4 is 26.1 Å². The number of carbonyl (C=O) groups is 1. The number of para-hydroxylation sites is 2. The van der Waals surface area contributed by atoms with Gasteiger partial charge < -0.3 is 20.5 Å². The zero-order valence-corrected chi connectivity index (χ0v) is 25.0. The van der Waals surface area contributed by atoms with E-state index in [0.717, 1.165) is 27.6 Å². The van der Waals surface area contributed by atoms with E-state index >= 15 is 0 Å². The third-order valence-corrected chi connectivity index (χ3v) is 7.13. The largest absolute Gasteiger partial charge is 0.491 e. The Morgan fingerprint density at radius 2 is 1.85 bits per heavy atom. The van der Waals surface area contributed by atoms with Gasteiger partial charge in [-0.25, -0.2) is 4.68 Å². The van der Waals surface area contributed by atoms with Crippen molar-refractivity contribution >= 4 is 34.3 Å². The summed E-state index contributed by atoms with van der Waals surface area (Å²) in [6.45, 7) is 0.889. The number of carbonyl (C=O) groups excluding carboxylic acids is 1. The minimum absolute atomic E-state index is 0.207. The molecule has 3 aromatic heterocycles. The first-order valence-electron chi connectivity index (χ1n) is 14.6. The van der Waals surface area contributed by atoms with Gasteiger partial charge in [-0.05, 0) is 53.6 Å². The molecule has 0 aliphatic heterocycles. The van der Waals surface area contributed by atoms with Gasteiger partial charge in [-0.3, -0.25) is 19.3 Å². The van der Waals surface area contributed by atoms with Gasteiger partial charge in [0.25, 0.3) is 5.56 Å². The normalized spacial score (nSPS) is 11.2. The number of ether oxygens (including phenoxy) is 2. The molecule has 3 aromatic carbocycles. The summed E-state index contributed by atoms with van der Waals surface area (Å²) >= 11 is 0. The highest BCUT2D eigenvalue weighted by Crippen LogP contribution is 2.28. The van der Waals surface area contributed by atoms with Gasteiger partial charge in [0, 0.05) is 48.6 Å². The van der Waals surface area contributed by atoms with Crippen LogP contribution >= 0.6 is 0 Å². The molecule has 0 atom stereocenters. The van der Waals surface area contributed by atoms with Gasteiger partial charge in [0.2, 0.25) is 5.91 Å². The third kappa shape index (κ3) is 7.28. The Hall–Kier alpha value is -6.23. The SMILES string of the molecule is Cn1cc(-c2ccc(=O)n(CCOc3ccnc4cc(OCc5ccc(/C=C/C(=O)Nc6ccccc6N)cc5)ccc34)n2)cn1. The van der Waals surface area contributed by atoms with E-state index in [1.165, 1.54) is 16.8 Å². The molecule has 0 aliphatic rings. The van der Waals surface area contributed by atoms with E-state index in [9.17, 15) is 9.59 Å². The van der Waals surface area contributed by atoms with Crippen molar-refractivity contribution in [3.63, 3.8) is 0 Å². The predicted octanol–water partition coefficient (Wildman–Crippen LogP) is 5.08. The highest BCUT2D eigenvalue weighted by molar-refractivity contribution is 6.03. The van der Waals surface area contributed by atoms with Crippen LogP contribution in [0.3, 0.4) is 0 Å². The molecule has 0 aliphatic carbocycles. The second-order valence-corrected chi connectivity index (χ2v) is 10.5. The molecule has 3 heterocycles. The van der Waals surface area contributed by atoms with E-state index < -0.39 is 0 Å². The van der Waals surface area contributed by atoms with Crippen molar-refractivity contribution in [1.82, 2.24) is 24.5 Å². The zero-order valence-electron chi connectivity index (χ0n) is 25.0. The number of amides is 1. The number of nitrogen functional groups attached to an aromatic ring is 1. The highest BCUT2D eigenvalue weighted by Gasteiger charge is 2.09. The van der Waals surface area contributed by atoms with Crippen molar-refractivity contribution in [2.75, 3.05) is 17.7 Å². The molecule has 11 nitrogen and oxygen atoms in total. The Morgan fingerprint density at radius 1 is 1.00 bits per heavy atom. The standard InChI is InChI=1S/C35H31N7O4/c1-41-22-26(21-38-41)30-13-15-35(44)42(40-30)18-19-45-33-16-17-37-32-20-27(11-12-28(32)33)46-23-25-8-6-24(7-9-25)10-14-34(43)39-31-5-3-2-4-29(31)36/h2-17,20-22H,18-19,23,36H2,1H3,(H,39,43)/b14-10+. The smallest absolute Gasteiger partial charge is 0.266 e. The average Bonchev–Trinajstić information content (AvgIpc) is 3.51. The van der Waals surface area contributed by atoms with Crippen molar-refractivity contribution in [2.24, 2.45) is 7.05 Å². The van der Waals surface area contributed by atoms with Crippen LogP contribution in [-0.2, 0) is 25.0 Å². The molecule has 11 heteroatoms. The lowest BCUT2D eigenvalue weighted by Crippen LogP contribution is -2.25. The second-order valence-electron chi connectivity index (χ2n) is 10.5. The number of pyridine rings is 1. The summed E-state index contributed by atoms with van der Waals surface area (Å²) in [7, 11) is 1.83. The number of nitrogens with two attached hydrogens (primary N) is 1. The Bertz CT molecular complexity index is 2080. The summed E-state index contributed by atoms with van der Waals surface area (Å²) < 4.78 is 15.2. The molecule has 0 bridgehead atoms. The number of aromatic nitrogens is 5. The quantitative estimate of drug-likeness (QED) is 0.152. The van der Waals surface area contributed by atoms with E-state index in [0.29, 0.717) is 35.2 Å². The summed E-state index contributed by atoms with van der Waals surface area (Å²) in [6.07, 6.45) is 8.43. The van der Waals surface area contributed by atoms with Gasteiger partial charge >= 0.3 is 0 Å².